The third kappa shape index (κ3) is 3.46. The highest BCUT2D eigenvalue weighted by Crippen LogP contribution is 2.36. The van der Waals surface area contributed by atoms with Gasteiger partial charge in [0, 0.05) is 31.5 Å². The molecular weight excluding hydrogens is 338 g/mol. The molecule has 142 valence electrons. The zero-order valence-electron chi connectivity index (χ0n) is 15.8. The fraction of sp³-hybridized carbons (Fsp3) is 0.409. The van der Waals surface area contributed by atoms with E-state index in [1.54, 1.807) is 0 Å². The normalized spacial score (nSPS) is 24.3. The zero-order valence-corrected chi connectivity index (χ0v) is 15.8. The van der Waals surface area contributed by atoms with E-state index in [2.05, 4.69) is 47.5 Å². The number of hydrogen-bond donors (Lipinski definition) is 2. The van der Waals surface area contributed by atoms with Gasteiger partial charge in [0.1, 0.15) is 0 Å². The summed E-state index contributed by atoms with van der Waals surface area (Å²) in [5.74, 6) is -0.903. The van der Waals surface area contributed by atoms with Gasteiger partial charge in [0.05, 0.1) is 11.2 Å². The number of hydrogen-bond acceptors (Lipinski definition) is 4. The Balaban J connectivity index is 1.46. The molecule has 1 atom stereocenters. The monoisotopic (exact) mass is 365 g/mol. The van der Waals surface area contributed by atoms with E-state index in [9.17, 15) is 9.90 Å². The van der Waals surface area contributed by atoms with Crippen molar-refractivity contribution < 1.29 is 9.90 Å². The third-order valence-electron chi connectivity index (χ3n) is 5.78. The van der Waals surface area contributed by atoms with Crippen molar-refractivity contribution in [3.63, 3.8) is 0 Å². The Morgan fingerprint density at radius 3 is 2.63 bits per heavy atom. The van der Waals surface area contributed by atoms with Gasteiger partial charge in [-0.3, -0.25) is 0 Å². The number of piperidine rings is 1. The molecule has 3 heterocycles. The summed E-state index contributed by atoms with van der Waals surface area (Å²) in [5.41, 5.74) is 3.13. The fourth-order valence-corrected chi connectivity index (χ4v) is 4.15. The fourth-order valence-electron chi connectivity index (χ4n) is 4.15. The van der Waals surface area contributed by atoms with E-state index in [0.717, 1.165) is 25.1 Å². The van der Waals surface area contributed by atoms with Crippen molar-refractivity contribution in [2.75, 3.05) is 18.0 Å². The number of nitrogens with zero attached hydrogens (tertiary/aromatic N) is 2. The zero-order chi connectivity index (χ0) is 18.9. The summed E-state index contributed by atoms with van der Waals surface area (Å²) in [6.07, 6.45) is 12.6. The Kier molecular flexibility index (Phi) is 4.68. The topological polar surface area (TPSA) is 55.8 Å². The first-order valence-electron chi connectivity index (χ1n) is 9.77. The molecule has 3 aliphatic heterocycles. The summed E-state index contributed by atoms with van der Waals surface area (Å²) in [6.45, 7) is 4.94. The standard InChI is InChI=1S/C22H27N3O2/c1-22-11-5-15-25(22)20(21(26)27)19(10-12-22)23-16-17-6-8-18(9-7-17)24-13-3-2-4-14-24/h5-10,12,15,23H,2-4,11,13-14,16H2,1H3,(H,26,27). The van der Waals surface area contributed by atoms with E-state index in [4.69, 9.17) is 0 Å². The van der Waals surface area contributed by atoms with E-state index in [0.29, 0.717) is 17.9 Å². The molecule has 0 spiro atoms. The molecule has 5 nitrogen and oxygen atoms in total. The molecular formula is C22H27N3O2. The summed E-state index contributed by atoms with van der Waals surface area (Å²) >= 11 is 0. The van der Waals surface area contributed by atoms with Crippen LogP contribution in [-0.2, 0) is 11.3 Å². The van der Waals surface area contributed by atoms with Crippen LogP contribution in [0.25, 0.3) is 0 Å². The Labute approximate surface area is 160 Å². The van der Waals surface area contributed by atoms with Crippen molar-refractivity contribution >= 4 is 11.7 Å². The lowest BCUT2D eigenvalue weighted by Gasteiger charge is -2.38. The van der Waals surface area contributed by atoms with Gasteiger partial charge in [-0.1, -0.05) is 24.3 Å². The van der Waals surface area contributed by atoms with E-state index >= 15 is 0 Å². The van der Waals surface area contributed by atoms with Crippen molar-refractivity contribution in [2.24, 2.45) is 0 Å². The van der Waals surface area contributed by atoms with Crippen LogP contribution < -0.4 is 10.2 Å². The molecule has 3 aliphatic rings. The van der Waals surface area contributed by atoms with Gasteiger partial charge in [-0.05, 0) is 56.4 Å². The van der Waals surface area contributed by atoms with Crippen LogP contribution in [0.3, 0.4) is 0 Å². The molecule has 5 heteroatoms. The van der Waals surface area contributed by atoms with E-state index in [-0.39, 0.29) is 5.54 Å². The molecule has 0 aromatic heterocycles. The number of benzene rings is 1. The number of anilines is 1. The number of nitrogens with one attached hydrogen (secondary N) is 1. The first kappa shape index (κ1) is 17.7. The second-order valence-corrected chi connectivity index (χ2v) is 7.78. The highest BCUT2D eigenvalue weighted by atomic mass is 16.4. The van der Waals surface area contributed by atoms with Crippen LogP contribution in [0, 0.1) is 0 Å². The molecule has 1 aromatic rings. The van der Waals surface area contributed by atoms with Gasteiger partial charge in [0.2, 0.25) is 0 Å². The second-order valence-electron chi connectivity index (χ2n) is 7.78. The van der Waals surface area contributed by atoms with Crippen molar-refractivity contribution in [2.45, 2.75) is 44.7 Å². The first-order valence-corrected chi connectivity index (χ1v) is 9.77. The maximum atomic E-state index is 11.9. The van der Waals surface area contributed by atoms with Crippen LogP contribution in [-0.4, -0.2) is 34.6 Å². The molecule has 1 fully saturated rings. The molecule has 1 saturated heterocycles. The van der Waals surface area contributed by atoms with E-state index in [1.165, 1.54) is 24.9 Å². The Hall–Kier alpha value is -2.69. The maximum absolute atomic E-state index is 11.9. The van der Waals surface area contributed by atoms with Crippen molar-refractivity contribution in [3.8, 4) is 0 Å². The van der Waals surface area contributed by atoms with Gasteiger partial charge in [-0.25, -0.2) is 4.79 Å². The lowest BCUT2D eigenvalue weighted by atomic mass is 9.93. The highest BCUT2D eigenvalue weighted by molar-refractivity contribution is 5.88. The predicted octanol–water partition coefficient (Wildman–Crippen LogP) is 3.61. The lowest BCUT2D eigenvalue weighted by Crippen LogP contribution is -2.43. The number of carbonyl (C=O) groups is 1. The molecule has 2 N–H and O–H groups in total. The van der Waals surface area contributed by atoms with E-state index < -0.39 is 5.97 Å². The molecule has 1 unspecified atom stereocenters. The largest absolute Gasteiger partial charge is 0.477 e. The first-order chi connectivity index (χ1) is 13.1. The maximum Gasteiger partial charge on any atom is 0.354 e. The number of carboxylic acids is 1. The lowest BCUT2D eigenvalue weighted by molar-refractivity contribution is -0.134. The Morgan fingerprint density at radius 1 is 1.19 bits per heavy atom. The van der Waals surface area contributed by atoms with Gasteiger partial charge in [-0.15, -0.1) is 0 Å². The molecule has 0 saturated carbocycles. The molecule has 4 rings (SSSR count). The minimum absolute atomic E-state index is 0.269. The summed E-state index contributed by atoms with van der Waals surface area (Å²) in [6, 6.07) is 8.60. The summed E-state index contributed by atoms with van der Waals surface area (Å²) in [7, 11) is 0. The Bertz CT molecular complexity index is 803. The van der Waals surface area contributed by atoms with Crippen molar-refractivity contribution in [1.82, 2.24) is 10.2 Å². The average Bonchev–Trinajstić information content (AvgIpc) is 3.08. The highest BCUT2D eigenvalue weighted by Gasteiger charge is 2.38. The summed E-state index contributed by atoms with van der Waals surface area (Å²) in [5, 5.41) is 13.1. The summed E-state index contributed by atoms with van der Waals surface area (Å²) < 4.78 is 0. The molecule has 0 bridgehead atoms. The van der Waals surface area contributed by atoms with Crippen LogP contribution in [0.4, 0.5) is 5.69 Å². The summed E-state index contributed by atoms with van der Waals surface area (Å²) in [4.78, 5) is 16.2. The number of aliphatic carboxylic acids is 1. The number of rotatable bonds is 5. The SMILES string of the molecule is CC12C=CC(NCc3ccc(N4CCCCC4)cc3)=C(C(=O)O)N1C=CC2. The van der Waals surface area contributed by atoms with Crippen LogP contribution in [0.2, 0.25) is 0 Å². The molecule has 0 amide bonds. The minimum atomic E-state index is -0.903. The molecule has 27 heavy (non-hydrogen) atoms. The average molecular weight is 365 g/mol. The van der Waals surface area contributed by atoms with Gasteiger partial charge in [0.15, 0.2) is 5.70 Å². The predicted molar refractivity (Wildman–Crippen MR) is 107 cm³/mol. The molecule has 1 aromatic carbocycles. The van der Waals surface area contributed by atoms with Crippen LogP contribution in [0.1, 0.15) is 38.2 Å². The van der Waals surface area contributed by atoms with Gasteiger partial charge in [-0.2, -0.15) is 0 Å². The van der Waals surface area contributed by atoms with Crippen LogP contribution in [0.5, 0.6) is 0 Å². The number of allylic oxidation sites excluding steroid dienone is 1. The minimum Gasteiger partial charge on any atom is -0.477 e. The van der Waals surface area contributed by atoms with Crippen molar-refractivity contribution in [1.29, 1.82) is 0 Å². The number of fused-ring (bicyclic) bond motifs is 1. The molecule has 0 radical (unpaired) electrons. The number of carboxylic acid groups (broad SMARTS) is 1. The Morgan fingerprint density at radius 2 is 1.93 bits per heavy atom. The van der Waals surface area contributed by atoms with Gasteiger partial charge in [0.25, 0.3) is 0 Å². The quantitative estimate of drug-likeness (QED) is 0.835. The second kappa shape index (κ2) is 7.14. The molecule has 0 aliphatic carbocycles. The van der Waals surface area contributed by atoms with E-state index in [1.807, 2.05) is 23.3 Å². The van der Waals surface area contributed by atoms with Gasteiger partial charge < -0.3 is 20.2 Å². The van der Waals surface area contributed by atoms with Gasteiger partial charge >= 0.3 is 5.97 Å². The van der Waals surface area contributed by atoms with Crippen molar-refractivity contribution in [3.05, 3.63) is 65.7 Å². The third-order valence-corrected chi connectivity index (χ3v) is 5.78. The van der Waals surface area contributed by atoms with Crippen LogP contribution >= 0.6 is 0 Å². The van der Waals surface area contributed by atoms with Crippen LogP contribution in [0.15, 0.2) is 60.1 Å². The smallest absolute Gasteiger partial charge is 0.354 e.